The van der Waals surface area contributed by atoms with Crippen molar-refractivity contribution in [2.45, 2.75) is 51.9 Å². The molecule has 4 rings (SSSR count). The molecule has 1 aliphatic heterocycles. The summed E-state index contributed by atoms with van der Waals surface area (Å²) >= 11 is 0. The minimum absolute atomic E-state index is 0.0319. The average Bonchev–Trinajstić information content (AvgIpc) is 2.68. The van der Waals surface area contributed by atoms with E-state index in [1.165, 1.54) is 12.1 Å². The Hall–Kier alpha value is -2.61. The molecule has 2 aromatic rings. The maximum atomic E-state index is 13.3. The van der Waals surface area contributed by atoms with Crippen molar-refractivity contribution >= 4 is 17.4 Å². The Labute approximate surface area is 174 Å². The third-order valence-corrected chi connectivity index (χ3v) is 6.16. The summed E-state index contributed by atoms with van der Waals surface area (Å²) in [6.45, 7) is 4.05. The van der Waals surface area contributed by atoms with Crippen molar-refractivity contribution in [3.8, 4) is 0 Å². The fourth-order valence-electron chi connectivity index (χ4n) is 4.16. The quantitative estimate of drug-likeness (QED) is 0.748. The summed E-state index contributed by atoms with van der Waals surface area (Å²) in [7, 11) is 3.65. The van der Waals surface area contributed by atoms with E-state index in [-0.39, 0.29) is 24.7 Å². The first-order valence-electron chi connectivity index (χ1n) is 10.2. The van der Waals surface area contributed by atoms with Gasteiger partial charge in [0.25, 0.3) is 0 Å². The second kappa shape index (κ2) is 7.91. The molecule has 2 aliphatic rings. The number of carbonyl (C=O) groups excluding carboxylic acids is 1. The summed E-state index contributed by atoms with van der Waals surface area (Å²) in [5.74, 6) is 0.315. The zero-order valence-corrected chi connectivity index (χ0v) is 17.7. The second-order valence-electron chi connectivity index (χ2n) is 8.30. The van der Waals surface area contributed by atoms with Crippen LogP contribution < -0.4 is 9.80 Å². The molecule has 1 amide bonds. The van der Waals surface area contributed by atoms with E-state index in [1.54, 1.807) is 11.9 Å². The molecule has 1 saturated carbocycles. The molecule has 0 unspecified atom stereocenters. The Kier molecular flexibility index (Phi) is 5.44. The van der Waals surface area contributed by atoms with E-state index in [1.807, 2.05) is 25.8 Å². The first-order valence-corrected chi connectivity index (χ1v) is 10.2. The minimum atomic E-state index is -0.853. The second-order valence-corrected chi connectivity index (χ2v) is 8.30. The molecule has 1 atom stereocenters. The summed E-state index contributed by atoms with van der Waals surface area (Å²) in [6.07, 6.45) is 2.62. The maximum Gasteiger partial charge on any atom is 0.249 e. The van der Waals surface area contributed by atoms with Crippen LogP contribution in [0.25, 0.3) is 0 Å². The Morgan fingerprint density at radius 2 is 1.90 bits per heavy atom. The molecule has 160 valence electrons. The number of likely N-dealkylation sites (N-methyl/N-ethyl adjacent to an activating group) is 2. The normalized spacial score (nSPS) is 23.4. The molecule has 0 radical (unpaired) electrons. The molecule has 1 fully saturated rings. The van der Waals surface area contributed by atoms with Crippen LogP contribution in [0, 0.1) is 24.5 Å². The highest BCUT2D eigenvalue weighted by molar-refractivity contribution is 6.04. The van der Waals surface area contributed by atoms with Crippen LogP contribution in [0.1, 0.15) is 36.8 Å². The molecule has 0 spiro atoms. The number of nitrogens with zero attached hydrogens (tertiary/aromatic N) is 4. The van der Waals surface area contributed by atoms with Gasteiger partial charge in [0.1, 0.15) is 17.6 Å². The zero-order chi connectivity index (χ0) is 21.6. The first kappa shape index (κ1) is 20.7. The smallest absolute Gasteiger partial charge is 0.249 e. The van der Waals surface area contributed by atoms with E-state index in [0.717, 1.165) is 48.4 Å². The third-order valence-electron chi connectivity index (χ3n) is 6.16. The fraction of sp³-hybridized carbons (Fsp3) is 0.500. The molecule has 0 N–H and O–H groups in total. The molecule has 1 aliphatic carbocycles. The Balaban J connectivity index is 1.36. The Morgan fingerprint density at radius 1 is 1.17 bits per heavy atom. The summed E-state index contributed by atoms with van der Waals surface area (Å²) < 4.78 is 32.1. The van der Waals surface area contributed by atoms with E-state index >= 15 is 0 Å². The number of fused-ring (bicyclic) bond motifs is 1. The molecule has 2 heterocycles. The van der Waals surface area contributed by atoms with Crippen molar-refractivity contribution in [2.24, 2.45) is 5.92 Å². The van der Waals surface area contributed by atoms with Gasteiger partial charge in [-0.25, -0.2) is 18.7 Å². The van der Waals surface area contributed by atoms with Gasteiger partial charge in [0, 0.05) is 20.5 Å². The fourth-order valence-corrected chi connectivity index (χ4v) is 4.16. The number of hydrogen-bond donors (Lipinski definition) is 0. The number of aryl methyl sites for hydroxylation is 1. The van der Waals surface area contributed by atoms with Gasteiger partial charge in [-0.05, 0) is 50.3 Å². The minimum Gasteiger partial charge on any atom is -0.374 e. The molecule has 0 bridgehead atoms. The molecule has 0 saturated heterocycles. The number of amides is 1. The topological polar surface area (TPSA) is 58.6 Å². The molecular weight excluding hydrogens is 390 g/mol. The number of anilines is 2. The van der Waals surface area contributed by atoms with Gasteiger partial charge in [-0.1, -0.05) is 6.07 Å². The highest BCUT2D eigenvalue weighted by atomic mass is 19.2. The predicted octanol–water partition coefficient (Wildman–Crippen LogP) is 3.40. The molecular formula is C22H26F2N4O2. The van der Waals surface area contributed by atoms with Crippen molar-refractivity contribution in [1.82, 2.24) is 9.97 Å². The van der Waals surface area contributed by atoms with Gasteiger partial charge in [0.2, 0.25) is 5.91 Å². The highest BCUT2D eigenvalue weighted by Crippen LogP contribution is 2.37. The lowest BCUT2D eigenvalue weighted by Crippen LogP contribution is -2.50. The van der Waals surface area contributed by atoms with Gasteiger partial charge in [0.05, 0.1) is 18.4 Å². The first-order chi connectivity index (χ1) is 14.2. The zero-order valence-electron chi connectivity index (χ0n) is 17.7. The number of aromatic nitrogens is 2. The van der Waals surface area contributed by atoms with Crippen molar-refractivity contribution < 1.29 is 18.3 Å². The summed E-state index contributed by atoms with van der Waals surface area (Å²) in [5, 5.41) is 0. The molecule has 30 heavy (non-hydrogen) atoms. The number of carbonyl (C=O) groups is 1. The number of rotatable bonds is 5. The number of benzene rings is 1. The summed E-state index contributed by atoms with van der Waals surface area (Å²) in [6, 6.07) is 3.57. The maximum absolute atomic E-state index is 13.3. The van der Waals surface area contributed by atoms with Gasteiger partial charge in [-0.15, -0.1) is 0 Å². The summed E-state index contributed by atoms with van der Waals surface area (Å²) in [5.41, 5.74) is 2.20. The van der Waals surface area contributed by atoms with E-state index in [4.69, 9.17) is 9.72 Å². The van der Waals surface area contributed by atoms with Gasteiger partial charge in [-0.2, -0.15) is 0 Å². The number of hydrogen-bond acceptors (Lipinski definition) is 5. The van der Waals surface area contributed by atoms with Crippen LogP contribution in [0.3, 0.4) is 0 Å². The van der Waals surface area contributed by atoms with E-state index < -0.39 is 11.6 Å². The lowest BCUT2D eigenvalue weighted by atomic mass is 9.80. The number of halogens is 2. The highest BCUT2D eigenvalue weighted by Gasteiger charge is 2.36. The monoisotopic (exact) mass is 416 g/mol. The Bertz CT molecular complexity index is 978. The van der Waals surface area contributed by atoms with Crippen LogP contribution in [-0.2, 0) is 22.6 Å². The van der Waals surface area contributed by atoms with Crippen LogP contribution >= 0.6 is 0 Å². The SMILES string of the molecule is Cc1nc(CC2CC(OCc3ccc(F)c(F)c3)C2)nc2c1N(C)C(=O)[C@H](C)N2C. The van der Waals surface area contributed by atoms with Crippen molar-refractivity contribution in [2.75, 3.05) is 23.9 Å². The molecule has 1 aromatic carbocycles. The van der Waals surface area contributed by atoms with Crippen LogP contribution in [0.2, 0.25) is 0 Å². The largest absolute Gasteiger partial charge is 0.374 e. The van der Waals surface area contributed by atoms with Crippen molar-refractivity contribution in [3.05, 3.63) is 46.9 Å². The summed E-state index contributed by atoms with van der Waals surface area (Å²) in [4.78, 5) is 25.3. The van der Waals surface area contributed by atoms with E-state index in [9.17, 15) is 13.6 Å². The molecule has 1 aromatic heterocycles. The molecule has 8 heteroatoms. The lowest BCUT2D eigenvalue weighted by Gasteiger charge is -2.38. The number of ether oxygens (including phenoxy) is 1. The van der Waals surface area contributed by atoms with Gasteiger partial charge in [0.15, 0.2) is 17.5 Å². The van der Waals surface area contributed by atoms with Gasteiger partial charge in [-0.3, -0.25) is 4.79 Å². The van der Waals surface area contributed by atoms with Gasteiger partial charge >= 0.3 is 0 Å². The van der Waals surface area contributed by atoms with Crippen LogP contribution in [0.15, 0.2) is 18.2 Å². The van der Waals surface area contributed by atoms with Crippen molar-refractivity contribution in [1.29, 1.82) is 0 Å². The van der Waals surface area contributed by atoms with E-state index in [2.05, 4.69) is 4.98 Å². The standard InChI is InChI=1S/C22H26F2N4O2/c1-12-20-21(27(3)13(2)22(29)28(20)4)26-19(25-12)10-15-7-16(8-15)30-11-14-5-6-17(23)18(24)9-14/h5-6,9,13,15-16H,7-8,10-11H2,1-4H3/t13-,15?,16?/m0/s1. The van der Waals surface area contributed by atoms with Crippen LogP contribution in [0.4, 0.5) is 20.3 Å². The van der Waals surface area contributed by atoms with Gasteiger partial charge < -0.3 is 14.5 Å². The van der Waals surface area contributed by atoms with Crippen molar-refractivity contribution in [3.63, 3.8) is 0 Å². The third kappa shape index (κ3) is 3.76. The van der Waals surface area contributed by atoms with E-state index in [0.29, 0.717) is 11.5 Å². The Morgan fingerprint density at radius 3 is 2.60 bits per heavy atom. The molecule has 6 nitrogen and oxygen atoms in total. The lowest BCUT2D eigenvalue weighted by molar-refractivity contribution is -0.119. The van der Waals surface area contributed by atoms with Crippen LogP contribution in [0.5, 0.6) is 0 Å². The predicted molar refractivity (Wildman–Crippen MR) is 109 cm³/mol. The van der Waals surface area contributed by atoms with Crippen LogP contribution in [-0.4, -0.2) is 42.1 Å². The average molecular weight is 416 g/mol.